The van der Waals surface area contributed by atoms with Crippen molar-refractivity contribution in [3.8, 4) is 5.75 Å². The predicted molar refractivity (Wildman–Crippen MR) is 102 cm³/mol. The van der Waals surface area contributed by atoms with Gasteiger partial charge < -0.3 is 10.1 Å². The molecule has 0 bridgehead atoms. The number of unbranched alkanes of at least 4 members (excludes halogenated alkanes) is 1. The highest BCUT2D eigenvalue weighted by Gasteiger charge is 2.10. The second kappa shape index (κ2) is 8.71. The lowest BCUT2D eigenvalue weighted by Crippen LogP contribution is -2.17. The Morgan fingerprint density at radius 1 is 1.16 bits per heavy atom. The fraction of sp³-hybridized carbons (Fsp3) is 0.389. The average Bonchev–Trinajstić information content (AvgIpc) is 2.56. The van der Waals surface area contributed by atoms with Crippen LogP contribution in [0, 0.1) is 0 Å². The molecule has 1 aromatic heterocycles. The number of hydrogen-bond acceptors (Lipinski definition) is 5. The van der Waals surface area contributed by atoms with Crippen LogP contribution in [-0.2, 0) is 10.0 Å². The van der Waals surface area contributed by atoms with Crippen molar-refractivity contribution in [1.82, 2.24) is 4.98 Å². The number of nitrogens with zero attached hydrogens (tertiary/aromatic N) is 1. The monoisotopic (exact) mass is 363 g/mol. The average molecular weight is 363 g/mol. The molecule has 0 saturated heterocycles. The van der Waals surface area contributed by atoms with E-state index in [0.717, 1.165) is 23.5 Å². The van der Waals surface area contributed by atoms with Gasteiger partial charge in [-0.15, -0.1) is 0 Å². The van der Waals surface area contributed by atoms with Gasteiger partial charge in [0.05, 0.1) is 29.4 Å². The molecule has 2 rings (SSSR count). The van der Waals surface area contributed by atoms with Crippen LogP contribution in [0.1, 0.15) is 33.6 Å². The Morgan fingerprint density at radius 2 is 1.92 bits per heavy atom. The van der Waals surface area contributed by atoms with Crippen LogP contribution in [0.2, 0.25) is 0 Å². The highest BCUT2D eigenvalue weighted by molar-refractivity contribution is 7.92. The zero-order valence-corrected chi connectivity index (χ0v) is 15.6. The van der Waals surface area contributed by atoms with Crippen molar-refractivity contribution in [1.29, 1.82) is 0 Å². The van der Waals surface area contributed by atoms with E-state index < -0.39 is 10.0 Å². The molecular weight excluding hydrogens is 338 g/mol. The van der Waals surface area contributed by atoms with Crippen molar-refractivity contribution in [3.63, 3.8) is 0 Å². The zero-order chi connectivity index (χ0) is 18.3. The van der Waals surface area contributed by atoms with Crippen LogP contribution >= 0.6 is 0 Å². The largest absolute Gasteiger partial charge is 0.489 e. The quantitative estimate of drug-likeness (QED) is 0.699. The smallest absolute Gasteiger partial charge is 0.233 e. The van der Waals surface area contributed by atoms with Crippen LogP contribution < -0.4 is 14.8 Å². The summed E-state index contributed by atoms with van der Waals surface area (Å²) < 4.78 is 32.1. The number of pyridine rings is 1. The van der Waals surface area contributed by atoms with E-state index in [1.54, 1.807) is 18.3 Å². The Balaban J connectivity index is 2.06. The van der Waals surface area contributed by atoms with Crippen LogP contribution in [0.4, 0.5) is 17.2 Å². The molecule has 1 aromatic carbocycles. The highest BCUT2D eigenvalue weighted by Crippen LogP contribution is 2.28. The molecule has 6 nitrogen and oxygen atoms in total. The Kier molecular flexibility index (Phi) is 6.64. The van der Waals surface area contributed by atoms with E-state index in [2.05, 4.69) is 15.0 Å². The van der Waals surface area contributed by atoms with Gasteiger partial charge in [0.2, 0.25) is 10.0 Å². The summed E-state index contributed by atoms with van der Waals surface area (Å²) in [4.78, 5) is 4.17. The first-order valence-corrected chi connectivity index (χ1v) is 10.0. The fourth-order valence-corrected chi connectivity index (χ4v) is 3.37. The molecule has 2 aromatic rings. The van der Waals surface area contributed by atoms with Crippen molar-refractivity contribution in [2.75, 3.05) is 15.8 Å². The zero-order valence-electron chi connectivity index (χ0n) is 14.8. The highest BCUT2D eigenvalue weighted by atomic mass is 32.2. The van der Waals surface area contributed by atoms with Gasteiger partial charge in [0.1, 0.15) is 11.6 Å². The number of ether oxygens (including phenoxy) is 1. The third kappa shape index (κ3) is 6.26. The number of sulfonamides is 1. The lowest BCUT2D eigenvalue weighted by atomic mass is 10.2. The summed E-state index contributed by atoms with van der Waals surface area (Å²) in [6.07, 6.45) is 3.11. The van der Waals surface area contributed by atoms with Gasteiger partial charge in [0.15, 0.2) is 0 Å². The minimum absolute atomic E-state index is 0.0704. The molecule has 0 saturated carbocycles. The molecular formula is C18H25N3O3S. The van der Waals surface area contributed by atoms with Gasteiger partial charge in [-0.05, 0) is 44.5 Å². The normalized spacial score (nSPS) is 11.4. The topological polar surface area (TPSA) is 80.3 Å². The van der Waals surface area contributed by atoms with Crippen molar-refractivity contribution in [2.24, 2.45) is 0 Å². The van der Waals surface area contributed by atoms with Gasteiger partial charge in [0, 0.05) is 0 Å². The van der Waals surface area contributed by atoms with Crippen LogP contribution in [0.25, 0.3) is 0 Å². The standard InChI is InChI=1S/C18H25N3O3S/c1-4-5-12-25(22,23)21-18-11-10-15(13-19-18)20-16-8-6-7-9-17(16)24-14(2)3/h6-11,13-14,20H,4-5,12H2,1-3H3,(H,19,21). The second-order valence-corrected chi connectivity index (χ2v) is 7.84. The number of hydrogen-bond donors (Lipinski definition) is 2. The van der Waals surface area contributed by atoms with Crippen molar-refractivity contribution < 1.29 is 13.2 Å². The molecule has 0 amide bonds. The van der Waals surface area contributed by atoms with E-state index >= 15 is 0 Å². The van der Waals surface area contributed by atoms with Gasteiger partial charge >= 0.3 is 0 Å². The van der Waals surface area contributed by atoms with Gasteiger partial charge in [-0.2, -0.15) is 0 Å². The molecule has 0 atom stereocenters. The first-order valence-electron chi connectivity index (χ1n) is 8.39. The summed E-state index contributed by atoms with van der Waals surface area (Å²) in [5.41, 5.74) is 1.57. The number of benzene rings is 1. The fourth-order valence-electron chi connectivity index (χ4n) is 2.16. The maximum Gasteiger partial charge on any atom is 0.233 e. The first-order chi connectivity index (χ1) is 11.9. The first kappa shape index (κ1) is 19.1. The molecule has 1 heterocycles. The van der Waals surface area contributed by atoms with E-state index in [4.69, 9.17) is 4.74 Å². The number of aromatic nitrogens is 1. The third-order valence-electron chi connectivity index (χ3n) is 3.32. The Morgan fingerprint density at radius 3 is 2.56 bits per heavy atom. The third-order valence-corrected chi connectivity index (χ3v) is 4.67. The van der Waals surface area contributed by atoms with E-state index in [9.17, 15) is 8.42 Å². The summed E-state index contributed by atoms with van der Waals surface area (Å²) in [6.45, 7) is 5.89. The van der Waals surface area contributed by atoms with E-state index in [-0.39, 0.29) is 11.9 Å². The molecule has 136 valence electrons. The minimum atomic E-state index is -3.34. The van der Waals surface area contributed by atoms with Crippen LogP contribution in [0.15, 0.2) is 42.6 Å². The molecule has 0 radical (unpaired) electrons. The van der Waals surface area contributed by atoms with Crippen molar-refractivity contribution in [2.45, 2.75) is 39.7 Å². The van der Waals surface area contributed by atoms with Crippen molar-refractivity contribution in [3.05, 3.63) is 42.6 Å². The molecule has 0 aliphatic heterocycles. The predicted octanol–water partition coefficient (Wildman–Crippen LogP) is 4.15. The van der Waals surface area contributed by atoms with Gasteiger partial charge in [-0.3, -0.25) is 4.72 Å². The number of anilines is 3. The molecule has 0 aliphatic rings. The van der Waals surface area contributed by atoms with E-state index in [1.807, 2.05) is 45.0 Å². The van der Waals surface area contributed by atoms with Gasteiger partial charge in [-0.25, -0.2) is 13.4 Å². The Bertz CT molecular complexity index is 774. The molecule has 0 aliphatic carbocycles. The SMILES string of the molecule is CCCCS(=O)(=O)Nc1ccc(Nc2ccccc2OC(C)C)cn1. The minimum Gasteiger partial charge on any atom is -0.489 e. The van der Waals surface area contributed by atoms with Gasteiger partial charge in [0.25, 0.3) is 0 Å². The maximum atomic E-state index is 11.9. The lowest BCUT2D eigenvalue weighted by molar-refractivity contribution is 0.244. The molecule has 0 spiro atoms. The molecule has 2 N–H and O–H groups in total. The summed E-state index contributed by atoms with van der Waals surface area (Å²) >= 11 is 0. The summed E-state index contributed by atoms with van der Waals surface area (Å²) in [6, 6.07) is 11.0. The van der Waals surface area contributed by atoms with Crippen LogP contribution in [-0.4, -0.2) is 25.3 Å². The molecule has 7 heteroatoms. The number of rotatable bonds is 9. The van der Waals surface area contributed by atoms with Crippen molar-refractivity contribution >= 4 is 27.2 Å². The summed E-state index contributed by atoms with van der Waals surface area (Å²) in [5.74, 6) is 1.17. The summed E-state index contributed by atoms with van der Waals surface area (Å²) in [7, 11) is -3.34. The number of para-hydroxylation sites is 2. The second-order valence-electron chi connectivity index (χ2n) is 5.99. The molecule has 25 heavy (non-hydrogen) atoms. The van der Waals surface area contributed by atoms with Crippen LogP contribution in [0.3, 0.4) is 0 Å². The summed E-state index contributed by atoms with van der Waals surface area (Å²) in [5, 5.41) is 3.24. The molecule has 0 fully saturated rings. The Labute approximate surface area is 149 Å². The number of nitrogens with one attached hydrogen (secondary N) is 2. The van der Waals surface area contributed by atoms with Crippen LogP contribution in [0.5, 0.6) is 5.75 Å². The van der Waals surface area contributed by atoms with Gasteiger partial charge in [-0.1, -0.05) is 25.5 Å². The van der Waals surface area contributed by atoms with E-state index in [0.29, 0.717) is 12.2 Å². The van der Waals surface area contributed by atoms with E-state index in [1.165, 1.54) is 0 Å². The maximum absolute atomic E-state index is 11.9. The molecule has 0 unspecified atom stereocenters. The lowest BCUT2D eigenvalue weighted by Gasteiger charge is -2.15. The Hall–Kier alpha value is -2.28.